The molecule has 7 rings (SSSR count). The van der Waals surface area contributed by atoms with Crippen LogP contribution in [0.25, 0.3) is 33.3 Å². The number of rotatable bonds is 10. The van der Waals surface area contributed by atoms with Gasteiger partial charge < -0.3 is 9.30 Å². The first-order chi connectivity index (χ1) is 24.5. The Morgan fingerprint density at radius 3 is 2.44 bits per heavy atom. The Kier molecular flexibility index (Phi) is 11.3. The number of pyridine rings is 1. The summed E-state index contributed by atoms with van der Waals surface area (Å²) in [6.07, 6.45) is 8.63. The second-order valence-electron chi connectivity index (χ2n) is 15.7. The Balaban J connectivity index is 0.00000464. The summed E-state index contributed by atoms with van der Waals surface area (Å²) in [7, 11) is 0. The van der Waals surface area contributed by atoms with E-state index in [0.717, 1.165) is 52.9 Å². The third-order valence-electron chi connectivity index (χ3n) is 10.6. The van der Waals surface area contributed by atoms with Crippen molar-refractivity contribution in [1.82, 2.24) is 19.3 Å². The van der Waals surface area contributed by atoms with Gasteiger partial charge >= 0.3 is 21.1 Å². The monoisotopic (exact) mass is 871 g/mol. The summed E-state index contributed by atoms with van der Waals surface area (Å²) in [4.78, 5) is 4.82. The molecule has 1 unspecified atom stereocenters. The summed E-state index contributed by atoms with van der Waals surface area (Å²) in [5, 5.41) is 7.55. The fraction of sp³-hybridized carbons (Fsp3) is 0.391. The fourth-order valence-electron chi connectivity index (χ4n) is 8.45. The van der Waals surface area contributed by atoms with E-state index in [1.165, 1.54) is 39.8 Å². The zero-order valence-corrected chi connectivity index (χ0v) is 34.4. The SMILES string of the molecule is CCCc1ccnc(-n2c3[c-]c(Oc4[c-]c(-n5nc(C)c(C6C(C)=C[C@H](C)C[C@@H]6C)c5CC(C)C)cc(C(C)C)c4)ccc3c3ccccc32)c1.[Pt+2]. The molecule has 0 bridgehead atoms. The van der Waals surface area contributed by atoms with Gasteiger partial charge in [-0.25, -0.2) is 4.98 Å². The number of para-hydroxylation sites is 1. The van der Waals surface area contributed by atoms with Crippen LogP contribution in [-0.4, -0.2) is 19.3 Å². The predicted octanol–water partition coefficient (Wildman–Crippen LogP) is 12.0. The van der Waals surface area contributed by atoms with E-state index in [-0.39, 0.29) is 21.1 Å². The topological polar surface area (TPSA) is 44.9 Å². The van der Waals surface area contributed by atoms with E-state index in [2.05, 4.69) is 144 Å². The van der Waals surface area contributed by atoms with E-state index in [1.54, 1.807) is 0 Å². The maximum absolute atomic E-state index is 6.71. The van der Waals surface area contributed by atoms with Crippen LogP contribution in [0.15, 0.2) is 78.5 Å². The van der Waals surface area contributed by atoms with Gasteiger partial charge in [0.15, 0.2) is 0 Å². The van der Waals surface area contributed by atoms with Crippen molar-refractivity contribution in [2.45, 2.75) is 99.8 Å². The van der Waals surface area contributed by atoms with Crippen LogP contribution in [0.5, 0.6) is 11.5 Å². The van der Waals surface area contributed by atoms with Crippen LogP contribution in [0.4, 0.5) is 0 Å². The Morgan fingerprint density at radius 1 is 0.923 bits per heavy atom. The average Bonchev–Trinajstić information content (AvgIpc) is 3.58. The van der Waals surface area contributed by atoms with Gasteiger partial charge in [-0.1, -0.05) is 90.3 Å². The van der Waals surface area contributed by atoms with E-state index in [0.29, 0.717) is 41.1 Å². The molecule has 0 spiro atoms. The van der Waals surface area contributed by atoms with Gasteiger partial charge in [0.1, 0.15) is 5.82 Å². The van der Waals surface area contributed by atoms with Crippen molar-refractivity contribution in [3.05, 3.63) is 119 Å². The van der Waals surface area contributed by atoms with Crippen molar-refractivity contribution in [3.8, 4) is 23.0 Å². The molecule has 1 aliphatic carbocycles. The molecule has 3 aromatic carbocycles. The number of hydrogen-bond acceptors (Lipinski definition) is 3. The Bertz CT molecular complexity index is 2240. The summed E-state index contributed by atoms with van der Waals surface area (Å²) < 4.78 is 11.1. The molecule has 0 amide bonds. The molecular weight excluding hydrogens is 820 g/mol. The van der Waals surface area contributed by atoms with Crippen molar-refractivity contribution in [1.29, 1.82) is 0 Å². The fourth-order valence-corrected chi connectivity index (χ4v) is 8.45. The number of fused-ring (bicyclic) bond motifs is 3. The summed E-state index contributed by atoms with van der Waals surface area (Å²) in [6.45, 7) is 20.5. The molecule has 1 aliphatic rings. The van der Waals surface area contributed by atoms with Crippen LogP contribution in [0.2, 0.25) is 0 Å². The number of hydrogen-bond donors (Lipinski definition) is 0. The number of aromatic nitrogens is 4. The van der Waals surface area contributed by atoms with Gasteiger partial charge in [0, 0.05) is 40.4 Å². The third-order valence-corrected chi connectivity index (χ3v) is 10.6. The molecule has 272 valence electrons. The molecule has 0 N–H and O–H groups in total. The molecule has 0 saturated heterocycles. The third kappa shape index (κ3) is 7.31. The predicted molar refractivity (Wildman–Crippen MR) is 211 cm³/mol. The smallest absolute Gasteiger partial charge is 0.509 e. The van der Waals surface area contributed by atoms with Crippen molar-refractivity contribution in [2.24, 2.45) is 17.8 Å². The minimum Gasteiger partial charge on any atom is -0.509 e. The van der Waals surface area contributed by atoms with E-state index < -0.39 is 0 Å². The van der Waals surface area contributed by atoms with Crippen molar-refractivity contribution in [2.75, 3.05) is 0 Å². The number of nitrogens with zero attached hydrogens (tertiary/aromatic N) is 4. The molecule has 3 heterocycles. The molecule has 52 heavy (non-hydrogen) atoms. The Morgan fingerprint density at radius 2 is 1.71 bits per heavy atom. The van der Waals surface area contributed by atoms with Crippen LogP contribution in [0, 0.1) is 36.8 Å². The van der Waals surface area contributed by atoms with Crippen LogP contribution < -0.4 is 4.74 Å². The zero-order valence-electron chi connectivity index (χ0n) is 32.2. The number of aryl methyl sites for hydroxylation is 2. The minimum atomic E-state index is 0. The second kappa shape index (κ2) is 15.6. The van der Waals surface area contributed by atoms with E-state index in [9.17, 15) is 0 Å². The maximum atomic E-state index is 6.71. The van der Waals surface area contributed by atoms with E-state index in [4.69, 9.17) is 14.8 Å². The number of ether oxygens (including phenoxy) is 1. The van der Waals surface area contributed by atoms with Gasteiger partial charge in [-0.2, -0.15) is 11.2 Å². The first kappa shape index (κ1) is 37.8. The van der Waals surface area contributed by atoms with Crippen molar-refractivity contribution >= 4 is 21.8 Å². The molecule has 0 saturated carbocycles. The molecular formula is C46H52N4OPt. The summed E-state index contributed by atoms with van der Waals surface area (Å²) in [5.41, 5.74) is 10.7. The van der Waals surface area contributed by atoms with Crippen molar-refractivity contribution in [3.63, 3.8) is 0 Å². The summed E-state index contributed by atoms with van der Waals surface area (Å²) in [6, 6.07) is 28.7. The molecule has 0 aliphatic heterocycles. The number of allylic oxidation sites excluding steroid dienone is 2. The van der Waals surface area contributed by atoms with Crippen LogP contribution in [0.3, 0.4) is 0 Å². The van der Waals surface area contributed by atoms with Crippen molar-refractivity contribution < 1.29 is 25.8 Å². The van der Waals surface area contributed by atoms with Crippen LogP contribution in [0.1, 0.15) is 108 Å². The van der Waals surface area contributed by atoms with Gasteiger partial charge in [-0.15, -0.1) is 41.3 Å². The molecule has 6 heteroatoms. The van der Waals surface area contributed by atoms with E-state index >= 15 is 0 Å². The Labute approximate surface area is 324 Å². The minimum absolute atomic E-state index is 0. The van der Waals surface area contributed by atoms with Crippen LogP contribution in [-0.2, 0) is 33.9 Å². The van der Waals surface area contributed by atoms with Crippen LogP contribution >= 0.6 is 0 Å². The largest absolute Gasteiger partial charge is 2.00 e. The molecule has 0 fully saturated rings. The Hall–Kier alpha value is -3.95. The normalized spacial score (nSPS) is 17.6. The summed E-state index contributed by atoms with van der Waals surface area (Å²) in [5.74, 6) is 4.52. The second-order valence-corrected chi connectivity index (χ2v) is 15.7. The average molecular weight is 872 g/mol. The van der Waals surface area contributed by atoms with Gasteiger partial charge in [0.05, 0.1) is 5.69 Å². The van der Waals surface area contributed by atoms with Gasteiger partial charge in [-0.3, -0.25) is 4.68 Å². The maximum Gasteiger partial charge on any atom is 2.00 e. The van der Waals surface area contributed by atoms with Gasteiger partial charge in [0.25, 0.3) is 0 Å². The molecule has 6 aromatic rings. The molecule has 0 radical (unpaired) electrons. The standard InChI is InChI=1S/C46H52N4O.Pt/c1-10-13-34-18-19-47-44(23-34)49-41-15-12-11-14-39(41)40-17-16-37(27-42(40)49)51-38-25-35(29(4)5)24-36(26-38)50-43(20-28(2)3)46(33(9)48-50)45-31(7)21-30(6)22-32(45)8;/h11-12,14-19,21,23-25,28-30,32,45H,10,13,20,22H2,1-9H3;/q-2;+2/t30-,32-,45?;/m0./s1. The quantitative estimate of drug-likeness (QED) is 0.102. The first-order valence-electron chi connectivity index (χ1n) is 18.9. The van der Waals surface area contributed by atoms with E-state index in [1.807, 2.05) is 12.3 Å². The molecule has 3 aromatic heterocycles. The number of benzene rings is 3. The summed E-state index contributed by atoms with van der Waals surface area (Å²) >= 11 is 0. The van der Waals surface area contributed by atoms with Gasteiger partial charge in [0.2, 0.25) is 0 Å². The first-order valence-corrected chi connectivity index (χ1v) is 18.9. The molecule has 3 atom stereocenters. The zero-order chi connectivity index (χ0) is 36.0. The van der Waals surface area contributed by atoms with Gasteiger partial charge in [-0.05, 0) is 91.6 Å². The molecule has 5 nitrogen and oxygen atoms in total.